The first-order valence-electron chi connectivity index (χ1n) is 7.62. The fraction of sp³-hybridized carbons (Fsp3) is 0.625. The van der Waals surface area contributed by atoms with Crippen LogP contribution in [0.1, 0.15) is 44.1 Å². The number of nitrogens with zero attached hydrogens (tertiary/aromatic N) is 1. The van der Waals surface area contributed by atoms with Crippen molar-refractivity contribution < 1.29 is 4.92 Å². The Morgan fingerprint density at radius 1 is 1.25 bits per heavy atom. The molecule has 1 aliphatic carbocycles. The van der Waals surface area contributed by atoms with Crippen molar-refractivity contribution in [2.24, 2.45) is 5.92 Å². The summed E-state index contributed by atoms with van der Waals surface area (Å²) in [7, 11) is 2.04. The third-order valence-corrected chi connectivity index (χ3v) is 4.50. The molecular weight excluding hydrogens is 252 g/mol. The van der Waals surface area contributed by atoms with E-state index in [1.54, 1.807) is 12.1 Å². The molecule has 20 heavy (non-hydrogen) atoms. The summed E-state index contributed by atoms with van der Waals surface area (Å²) in [6.07, 6.45) is 8.23. The molecule has 1 aromatic rings. The summed E-state index contributed by atoms with van der Waals surface area (Å²) in [6.45, 7) is 0. The molecular formula is C16H24N2O2. The smallest absolute Gasteiger partial charge is 0.272 e. The van der Waals surface area contributed by atoms with Crippen LogP contribution in [0.3, 0.4) is 0 Å². The lowest BCUT2D eigenvalue weighted by Crippen LogP contribution is -2.33. The molecule has 4 heteroatoms. The van der Waals surface area contributed by atoms with E-state index >= 15 is 0 Å². The zero-order chi connectivity index (χ0) is 14.4. The average molecular weight is 276 g/mol. The van der Waals surface area contributed by atoms with Gasteiger partial charge >= 0.3 is 0 Å². The van der Waals surface area contributed by atoms with Gasteiger partial charge in [-0.15, -0.1) is 0 Å². The van der Waals surface area contributed by atoms with Gasteiger partial charge in [-0.3, -0.25) is 10.1 Å². The topological polar surface area (TPSA) is 55.2 Å². The molecule has 0 radical (unpaired) electrons. The van der Waals surface area contributed by atoms with Crippen LogP contribution < -0.4 is 5.32 Å². The molecule has 0 heterocycles. The fourth-order valence-corrected chi connectivity index (χ4v) is 3.35. The Hall–Kier alpha value is -1.42. The van der Waals surface area contributed by atoms with E-state index in [1.165, 1.54) is 32.1 Å². The maximum absolute atomic E-state index is 11.0. The lowest BCUT2D eigenvalue weighted by atomic mass is 9.88. The number of nitro groups is 1. The molecule has 0 bridgehead atoms. The summed E-state index contributed by atoms with van der Waals surface area (Å²) in [5.74, 6) is 0.641. The zero-order valence-corrected chi connectivity index (χ0v) is 12.2. The van der Waals surface area contributed by atoms with E-state index in [0.717, 1.165) is 18.4 Å². The maximum Gasteiger partial charge on any atom is 0.272 e. The van der Waals surface area contributed by atoms with Gasteiger partial charge in [-0.25, -0.2) is 0 Å². The normalized spacial score (nSPS) is 23.2. The second-order valence-corrected chi connectivity index (χ2v) is 5.72. The lowest BCUT2D eigenvalue weighted by Gasteiger charge is -2.24. The summed E-state index contributed by atoms with van der Waals surface area (Å²) in [6, 6.07) is 7.70. The van der Waals surface area contributed by atoms with Gasteiger partial charge in [0.1, 0.15) is 0 Å². The second kappa shape index (κ2) is 7.39. The van der Waals surface area contributed by atoms with Gasteiger partial charge in [-0.2, -0.15) is 0 Å². The third-order valence-electron chi connectivity index (χ3n) is 4.50. The molecule has 2 rings (SSSR count). The molecule has 2 unspecified atom stereocenters. The number of nitro benzene ring substituents is 1. The molecule has 110 valence electrons. The van der Waals surface area contributed by atoms with Crippen molar-refractivity contribution in [3.05, 3.63) is 39.9 Å². The second-order valence-electron chi connectivity index (χ2n) is 5.72. The minimum absolute atomic E-state index is 0.266. The molecule has 1 aromatic carbocycles. The molecule has 1 fully saturated rings. The van der Waals surface area contributed by atoms with Crippen molar-refractivity contribution in [2.75, 3.05) is 7.05 Å². The van der Waals surface area contributed by atoms with Crippen molar-refractivity contribution in [1.29, 1.82) is 0 Å². The first-order valence-corrected chi connectivity index (χ1v) is 7.62. The average Bonchev–Trinajstić information content (AvgIpc) is 2.70. The number of benzene rings is 1. The molecule has 2 atom stereocenters. The van der Waals surface area contributed by atoms with Gasteiger partial charge in [0.25, 0.3) is 5.69 Å². The number of hydrogen-bond donors (Lipinski definition) is 1. The van der Waals surface area contributed by atoms with E-state index in [2.05, 4.69) is 5.32 Å². The molecule has 1 saturated carbocycles. The van der Waals surface area contributed by atoms with Gasteiger partial charge < -0.3 is 5.32 Å². The van der Waals surface area contributed by atoms with Crippen molar-refractivity contribution in [1.82, 2.24) is 5.32 Å². The molecule has 0 aliphatic heterocycles. The van der Waals surface area contributed by atoms with Crippen LogP contribution in [0, 0.1) is 16.0 Å². The standard InChI is InChI=1S/C16H24N2O2/c1-17-15-9-4-2-3-7-13(15)11-12-14-8-5-6-10-16(14)18(19)20/h5-6,8,10,13,15,17H,2-4,7,9,11-12H2,1H3. The monoisotopic (exact) mass is 276 g/mol. The number of nitrogens with one attached hydrogen (secondary N) is 1. The van der Waals surface area contributed by atoms with Crippen LogP contribution in [0.5, 0.6) is 0 Å². The Morgan fingerprint density at radius 3 is 2.75 bits per heavy atom. The van der Waals surface area contributed by atoms with Crippen molar-refractivity contribution in [3.63, 3.8) is 0 Å². The van der Waals surface area contributed by atoms with Gasteiger partial charge in [-0.1, -0.05) is 37.5 Å². The SMILES string of the molecule is CNC1CCCCCC1CCc1ccccc1[N+](=O)[O-]. The number of rotatable bonds is 5. The number of para-hydroxylation sites is 1. The van der Waals surface area contributed by atoms with Crippen molar-refractivity contribution in [3.8, 4) is 0 Å². The predicted molar refractivity (Wildman–Crippen MR) is 80.8 cm³/mol. The Balaban J connectivity index is 2.01. The Morgan fingerprint density at radius 2 is 2.00 bits per heavy atom. The van der Waals surface area contributed by atoms with Gasteiger partial charge in [0.05, 0.1) is 4.92 Å². The Labute approximate surface area is 120 Å². The quantitative estimate of drug-likeness (QED) is 0.507. The van der Waals surface area contributed by atoms with E-state index in [-0.39, 0.29) is 10.6 Å². The third kappa shape index (κ3) is 3.79. The summed E-state index contributed by atoms with van der Waals surface area (Å²) in [5, 5.41) is 14.5. The highest BCUT2D eigenvalue weighted by Crippen LogP contribution is 2.29. The summed E-state index contributed by atoms with van der Waals surface area (Å²) in [5.41, 5.74) is 1.14. The lowest BCUT2D eigenvalue weighted by molar-refractivity contribution is -0.385. The van der Waals surface area contributed by atoms with E-state index < -0.39 is 0 Å². The summed E-state index contributed by atoms with van der Waals surface area (Å²) in [4.78, 5) is 10.8. The largest absolute Gasteiger partial charge is 0.317 e. The van der Waals surface area contributed by atoms with Crippen LogP contribution >= 0.6 is 0 Å². The molecule has 0 amide bonds. The zero-order valence-electron chi connectivity index (χ0n) is 12.2. The van der Waals surface area contributed by atoms with Crippen molar-refractivity contribution >= 4 is 5.69 Å². The first kappa shape index (κ1) is 15.0. The highest BCUT2D eigenvalue weighted by atomic mass is 16.6. The van der Waals surface area contributed by atoms with Crippen LogP contribution in [0.2, 0.25) is 0 Å². The van der Waals surface area contributed by atoms with E-state index in [0.29, 0.717) is 12.0 Å². The first-order chi connectivity index (χ1) is 9.72. The van der Waals surface area contributed by atoms with E-state index in [9.17, 15) is 10.1 Å². The number of hydrogen-bond acceptors (Lipinski definition) is 3. The van der Waals surface area contributed by atoms with Gasteiger partial charge in [-0.05, 0) is 38.6 Å². The molecule has 1 aliphatic rings. The van der Waals surface area contributed by atoms with E-state index in [4.69, 9.17) is 0 Å². The molecule has 0 aromatic heterocycles. The molecule has 0 spiro atoms. The molecule has 1 N–H and O–H groups in total. The highest BCUT2D eigenvalue weighted by Gasteiger charge is 2.23. The Bertz CT molecular complexity index is 448. The summed E-state index contributed by atoms with van der Waals surface area (Å²) < 4.78 is 0. The van der Waals surface area contributed by atoms with Gasteiger partial charge in [0.15, 0.2) is 0 Å². The maximum atomic E-state index is 11.0. The van der Waals surface area contributed by atoms with Crippen LogP contribution in [0.4, 0.5) is 5.69 Å². The number of aryl methyl sites for hydroxylation is 1. The molecule has 4 nitrogen and oxygen atoms in total. The van der Waals surface area contributed by atoms with E-state index in [1.807, 2.05) is 19.2 Å². The van der Waals surface area contributed by atoms with Crippen molar-refractivity contribution in [2.45, 2.75) is 51.0 Å². The van der Waals surface area contributed by atoms with Gasteiger partial charge in [0, 0.05) is 17.7 Å². The molecule has 0 saturated heterocycles. The van der Waals surface area contributed by atoms with Gasteiger partial charge in [0.2, 0.25) is 0 Å². The minimum Gasteiger partial charge on any atom is -0.317 e. The predicted octanol–water partition coefficient (Wildman–Crippen LogP) is 3.70. The fourth-order valence-electron chi connectivity index (χ4n) is 3.35. The van der Waals surface area contributed by atoms with Crippen LogP contribution in [-0.4, -0.2) is 18.0 Å². The summed E-state index contributed by atoms with van der Waals surface area (Å²) >= 11 is 0. The Kier molecular flexibility index (Phi) is 5.53. The van der Waals surface area contributed by atoms with Crippen LogP contribution in [0.15, 0.2) is 24.3 Å². The minimum atomic E-state index is -0.266. The van der Waals surface area contributed by atoms with Crippen LogP contribution in [-0.2, 0) is 6.42 Å². The van der Waals surface area contributed by atoms with Crippen LogP contribution in [0.25, 0.3) is 0 Å². The highest BCUT2D eigenvalue weighted by molar-refractivity contribution is 5.39.